The monoisotopic (exact) mass is 543 g/mol. The zero-order valence-corrected chi connectivity index (χ0v) is 22.7. The molecule has 2 rings (SSSR count). The summed E-state index contributed by atoms with van der Waals surface area (Å²) in [6.45, 7) is 2.22. The predicted molar refractivity (Wildman–Crippen MR) is 141 cm³/mol. The minimum Gasteiger partial charge on any atom is -0.264 e. The van der Waals surface area contributed by atoms with Gasteiger partial charge in [-0.1, -0.05) is 94.1 Å². The molecule has 0 heterocycles. The van der Waals surface area contributed by atoms with Crippen molar-refractivity contribution >= 4 is 27.6 Å². The highest BCUT2D eigenvalue weighted by Crippen LogP contribution is 2.26. The van der Waals surface area contributed by atoms with Crippen molar-refractivity contribution in [1.82, 2.24) is 0 Å². The van der Waals surface area contributed by atoms with E-state index in [1.165, 1.54) is 99.5 Å². The standard InChI is InChI=1S/C27H36F3NO3S2/c1-3-4-5-6-7-8-9-10-11-12-13-22-14-20-25(21-15-22)36(32,33)34-31-26(27(28,29)30)23-16-18-24(35-2)19-17-23/h14-21H,3-13H2,1-2H3. The van der Waals surface area contributed by atoms with Crippen molar-refractivity contribution in [2.24, 2.45) is 5.16 Å². The van der Waals surface area contributed by atoms with E-state index in [2.05, 4.69) is 16.4 Å². The van der Waals surface area contributed by atoms with Crippen LogP contribution in [0.1, 0.15) is 82.3 Å². The van der Waals surface area contributed by atoms with Crippen LogP contribution in [0.3, 0.4) is 0 Å². The summed E-state index contributed by atoms with van der Waals surface area (Å²) in [5, 5.41) is 2.99. The second-order valence-corrected chi connectivity index (χ2v) is 11.2. The van der Waals surface area contributed by atoms with Crippen molar-refractivity contribution in [3.05, 3.63) is 59.7 Å². The molecule has 0 aromatic heterocycles. The number of nitrogens with zero attached hydrogens (tertiary/aromatic N) is 1. The Morgan fingerprint density at radius 3 is 1.86 bits per heavy atom. The summed E-state index contributed by atoms with van der Waals surface area (Å²) in [6, 6.07) is 11.5. The number of hydrogen-bond donors (Lipinski definition) is 0. The van der Waals surface area contributed by atoms with Gasteiger partial charge in [0.05, 0.1) is 0 Å². The van der Waals surface area contributed by atoms with E-state index in [0.717, 1.165) is 29.7 Å². The first-order valence-electron chi connectivity index (χ1n) is 12.5. The lowest BCUT2D eigenvalue weighted by Crippen LogP contribution is -2.25. The first-order chi connectivity index (χ1) is 17.2. The molecule has 0 N–H and O–H groups in total. The van der Waals surface area contributed by atoms with E-state index < -0.39 is 22.0 Å². The molecule has 0 aliphatic heterocycles. The Balaban J connectivity index is 1.88. The number of halogens is 3. The molecule has 0 spiro atoms. The summed E-state index contributed by atoms with van der Waals surface area (Å²) in [4.78, 5) is 0.532. The fraction of sp³-hybridized carbons (Fsp3) is 0.519. The molecule has 0 atom stereocenters. The van der Waals surface area contributed by atoms with Gasteiger partial charge in [-0.25, -0.2) is 0 Å². The fourth-order valence-electron chi connectivity index (χ4n) is 3.79. The third kappa shape index (κ3) is 10.5. The maximum atomic E-state index is 13.5. The number of thioether (sulfide) groups is 1. The van der Waals surface area contributed by atoms with Crippen LogP contribution in [-0.4, -0.2) is 26.6 Å². The van der Waals surface area contributed by atoms with Crippen molar-refractivity contribution < 1.29 is 25.9 Å². The molecule has 36 heavy (non-hydrogen) atoms. The molecular formula is C27H36F3NO3S2. The molecule has 0 saturated carbocycles. The maximum Gasteiger partial charge on any atom is 0.437 e. The van der Waals surface area contributed by atoms with Crippen molar-refractivity contribution in [2.45, 2.75) is 93.5 Å². The van der Waals surface area contributed by atoms with Crippen LogP contribution in [0.15, 0.2) is 63.5 Å². The van der Waals surface area contributed by atoms with Crippen LogP contribution in [0.4, 0.5) is 13.2 Å². The Morgan fingerprint density at radius 1 is 0.833 bits per heavy atom. The number of hydrogen-bond acceptors (Lipinski definition) is 5. The van der Waals surface area contributed by atoms with Crippen molar-refractivity contribution in [1.29, 1.82) is 0 Å². The van der Waals surface area contributed by atoms with Gasteiger partial charge in [0.1, 0.15) is 4.90 Å². The molecule has 200 valence electrons. The van der Waals surface area contributed by atoms with Crippen molar-refractivity contribution in [2.75, 3.05) is 6.26 Å². The Morgan fingerprint density at radius 2 is 1.36 bits per heavy atom. The number of aryl methyl sites for hydroxylation is 1. The van der Waals surface area contributed by atoms with Crippen LogP contribution in [0.5, 0.6) is 0 Å². The van der Waals surface area contributed by atoms with Gasteiger partial charge in [-0.15, -0.1) is 11.8 Å². The Bertz CT molecular complexity index is 1040. The molecule has 0 saturated heterocycles. The summed E-state index contributed by atoms with van der Waals surface area (Å²) < 4.78 is 69.8. The van der Waals surface area contributed by atoms with Gasteiger partial charge in [-0.05, 0) is 48.9 Å². The van der Waals surface area contributed by atoms with Crippen LogP contribution in [0.25, 0.3) is 0 Å². The lowest BCUT2D eigenvalue weighted by atomic mass is 10.0. The number of unbranched alkanes of at least 4 members (excludes halogenated alkanes) is 9. The van der Waals surface area contributed by atoms with Gasteiger partial charge >= 0.3 is 16.3 Å². The summed E-state index contributed by atoms with van der Waals surface area (Å²) in [5.74, 6) is 0. The van der Waals surface area contributed by atoms with Gasteiger partial charge in [0.25, 0.3) is 0 Å². The highest BCUT2D eigenvalue weighted by atomic mass is 32.2. The van der Waals surface area contributed by atoms with Gasteiger partial charge < -0.3 is 0 Å². The lowest BCUT2D eigenvalue weighted by molar-refractivity contribution is -0.0597. The second kappa shape index (κ2) is 15.3. The summed E-state index contributed by atoms with van der Waals surface area (Å²) >= 11 is 1.38. The van der Waals surface area contributed by atoms with Gasteiger partial charge in [0, 0.05) is 10.5 Å². The molecule has 0 radical (unpaired) electrons. The Kier molecular flexibility index (Phi) is 12.8. The number of oxime groups is 1. The number of alkyl halides is 3. The van der Waals surface area contributed by atoms with Crippen LogP contribution in [0, 0.1) is 0 Å². The van der Waals surface area contributed by atoms with Gasteiger partial charge in [-0.2, -0.15) is 21.6 Å². The highest BCUT2D eigenvalue weighted by Gasteiger charge is 2.38. The Labute approximate surface area is 217 Å². The topological polar surface area (TPSA) is 55.7 Å². The fourth-order valence-corrected chi connectivity index (χ4v) is 4.92. The van der Waals surface area contributed by atoms with Gasteiger partial charge in [0.2, 0.25) is 0 Å². The largest absolute Gasteiger partial charge is 0.437 e. The van der Waals surface area contributed by atoms with Crippen LogP contribution < -0.4 is 0 Å². The predicted octanol–water partition coefficient (Wildman–Crippen LogP) is 8.54. The molecule has 0 amide bonds. The molecule has 0 bridgehead atoms. The minimum absolute atomic E-state index is 0.239. The number of benzene rings is 2. The quantitative estimate of drug-likeness (QED) is 0.0921. The molecule has 4 nitrogen and oxygen atoms in total. The van der Waals surface area contributed by atoms with Gasteiger partial charge in [0.15, 0.2) is 5.71 Å². The third-order valence-electron chi connectivity index (χ3n) is 5.89. The molecule has 9 heteroatoms. The van der Waals surface area contributed by atoms with Crippen LogP contribution in [0.2, 0.25) is 0 Å². The average Bonchev–Trinajstić information content (AvgIpc) is 2.85. The molecule has 0 aliphatic carbocycles. The normalized spacial score (nSPS) is 12.6. The molecular weight excluding hydrogens is 507 g/mol. The van der Waals surface area contributed by atoms with E-state index in [0.29, 0.717) is 0 Å². The van der Waals surface area contributed by atoms with E-state index in [4.69, 9.17) is 0 Å². The Hall–Kier alpha value is -2.00. The maximum absolute atomic E-state index is 13.5. The summed E-state index contributed by atoms with van der Waals surface area (Å²) in [6.07, 6.45) is 10.1. The van der Waals surface area contributed by atoms with Gasteiger partial charge in [-0.3, -0.25) is 4.28 Å². The summed E-state index contributed by atoms with van der Waals surface area (Å²) in [7, 11) is -4.49. The molecule has 0 aliphatic rings. The smallest absolute Gasteiger partial charge is 0.264 e. The van der Waals surface area contributed by atoms with Crippen LogP contribution >= 0.6 is 11.8 Å². The lowest BCUT2D eigenvalue weighted by Gasteiger charge is -2.11. The van der Waals surface area contributed by atoms with Crippen molar-refractivity contribution in [3.8, 4) is 0 Å². The average molecular weight is 544 g/mol. The van der Waals surface area contributed by atoms with Crippen molar-refractivity contribution in [3.63, 3.8) is 0 Å². The van der Waals surface area contributed by atoms with E-state index in [-0.39, 0.29) is 10.5 Å². The first kappa shape index (κ1) is 30.2. The molecule has 2 aromatic rings. The minimum atomic E-state index is -4.88. The molecule has 0 unspecified atom stereocenters. The first-order valence-corrected chi connectivity index (χ1v) is 15.1. The third-order valence-corrected chi connectivity index (χ3v) is 7.75. The highest BCUT2D eigenvalue weighted by molar-refractivity contribution is 7.98. The zero-order chi connectivity index (χ0) is 26.4. The van der Waals surface area contributed by atoms with E-state index in [1.54, 1.807) is 18.4 Å². The molecule has 0 fully saturated rings. The molecule has 2 aromatic carbocycles. The number of rotatable bonds is 16. The summed E-state index contributed by atoms with van der Waals surface area (Å²) in [5.41, 5.74) is -0.708. The van der Waals surface area contributed by atoms with E-state index >= 15 is 0 Å². The van der Waals surface area contributed by atoms with E-state index in [9.17, 15) is 21.6 Å². The van der Waals surface area contributed by atoms with Crippen LogP contribution in [-0.2, 0) is 20.8 Å². The van der Waals surface area contributed by atoms with E-state index in [1.807, 2.05) is 0 Å². The SMILES string of the molecule is CCCCCCCCCCCCc1ccc(S(=O)(=O)ON=C(c2ccc(SC)cc2)C(F)(F)F)cc1. The second-order valence-electron chi connectivity index (χ2n) is 8.77. The zero-order valence-electron chi connectivity index (χ0n) is 21.0.